The molecular weight excluding hydrogens is 589 g/mol. The number of ether oxygens (including phenoxy) is 1. The Labute approximate surface area is 258 Å². The van der Waals surface area contributed by atoms with Crippen molar-refractivity contribution >= 4 is 23.6 Å². The van der Waals surface area contributed by atoms with Gasteiger partial charge in [-0.2, -0.15) is 13.2 Å². The van der Waals surface area contributed by atoms with E-state index >= 15 is 0 Å². The fourth-order valence-electron chi connectivity index (χ4n) is 5.53. The first kappa shape index (κ1) is 31.6. The van der Waals surface area contributed by atoms with Gasteiger partial charge in [-0.25, -0.2) is 0 Å². The second-order valence-electron chi connectivity index (χ2n) is 11.2. The van der Waals surface area contributed by atoms with Crippen LogP contribution in [0.15, 0.2) is 78.9 Å². The van der Waals surface area contributed by atoms with Crippen LogP contribution in [0.25, 0.3) is 0 Å². The van der Waals surface area contributed by atoms with Crippen LogP contribution in [0, 0.1) is 0 Å². The summed E-state index contributed by atoms with van der Waals surface area (Å²) in [7, 11) is 0. The van der Waals surface area contributed by atoms with Gasteiger partial charge >= 0.3 is 6.18 Å². The van der Waals surface area contributed by atoms with E-state index in [2.05, 4.69) is 10.6 Å². The quantitative estimate of drug-likeness (QED) is 0.403. The summed E-state index contributed by atoms with van der Waals surface area (Å²) in [5, 5.41) is 7.22. The molecule has 12 heteroatoms. The third-order valence-corrected chi connectivity index (χ3v) is 7.70. The summed E-state index contributed by atoms with van der Waals surface area (Å²) in [4.78, 5) is 55.1. The minimum Gasteiger partial charge on any atom is -0.457 e. The number of nitrogens with zero attached hydrogens (tertiary/aromatic N) is 1. The lowest BCUT2D eigenvalue weighted by molar-refractivity contribution is -0.141. The highest BCUT2D eigenvalue weighted by atomic mass is 19.4. The molecule has 0 spiro atoms. The average molecular weight is 623 g/mol. The van der Waals surface area contributed by atoms with Crippen LogP contribution in [0.4, 0.5) is 13.2 Å². The molecule has 3 N–H and O–H groups in total. The van der Waals surface area contributed by atoms with Crippen molar-refractivity contribution in [3.8, 4) is 11.5 Å². The number of nitrogens with one attached hydrogen (secondary N) is 3. The van der Waals surface area contributed by atoms with Gasteiger partial charge in [0.25, 0.3) is 0 Å². The van der Waals surface area contributed by atoms with Crippen molar-refractivity contribution in [1.82, 2.24) is 20.9 Å². The summed E-state index contributed by atoms with van der Waals surface area (Å²) < 4.78 is 45.0. The lowest BCUT2D eigenvalue weighted by Gasteiger charge is -2.30. The summed E-state index contributed by atoms with van der Waals surface area (Å²) in [6.07, 6.45) is -3.74. The van der Waals surface area contributed by atoms with E-state index in [1.165, 1.54) is 4.90 Å². The Morgan fingerprint density at radius 2 is 1.53 bits per heavy atom. The van der Waals surface area contributed by atoms with E-state index in [0.29, 0.717) is 42.0 Å². The number of carbonyl (C=O) groups is 4. The van der Waals surface area contributed by atoms with Crippen molar-refractivity contribution in [3.63, 3.8) is 0 Å². The van der Waals surface area contributed by atoms with Crippen LogP contribution in [0.2, 0.25) is 0 Å². The summed E-state index contributed by atoms with van der Waals surface area (Å²) >= 11 is 0. The van der Waals surface area contributed by atoms with E-state index in [-0.39, 0.29) is 25.2 Å². The predicted octanol–water partition coefficient (Wildman–Crippen LogP) is 3.46. The largest absolute Gasteiger partial charge is 0.457 e. The first-order valence-corrected chi connectivity index (χ1v) is 14.7. The van der Waals surface area contributed by atoms with E-state index in [0.717, 1.165) is 5.56 Å². The molecule has 0 radical (unpaired) electrons. The number of rotatable bonds is 5. The highest BCUT2D eigenvalue weighted by Gasteiger charge is 2.36. The molecule has 1 fully saturated rings. The lowest BCUT2D eigenvalue weighted by Crippen LogP contribution is -2.58. The van der Waals surface area contributed by atoms with Gasteiger partial charge in [-0.1, -0.05) is 54.6 Å². The van der Waals surface area contributed by atoms with Gasteiger partial charge < -0.3 is 25.6 Å². The van der Waals surface area contributed by atoms with Gasteiger partial charge in [0.15, 0.2) is 0 Å². The number of halogens is 3. The zero-order valence-electron chi connectivity index (χ0n) is 24.3. The number of fused-ring (bicyclic) bond motifs is 4. The molecule has 0 unspecified atom stereocenters. The fraction of sp³-hybridized carbons (Fsp3) is 0.333. The first-order valence-electron chi connectivity index (χ1n) is 14.7. The topological polar surface area (TPSA) is 117 Å². The van der Waals surface area contributed by atoms with E-state index in [9.17, 15) is 32.3 Å². The molecule has 2 heterocycles. The second-order valence-corrected chi connectivity index (χ2v) is 11.2. The molecule has 45 heavy (non-hydrogen) atoms. The van der Waals surface area contributed by atoms with E-state index in [1.54, 1.807) is 72.8 Å². The van der Waals surface area contributed by atoms with Crippen LogP contribution in [-0.2, 0) is 38.4 Å². The van der Waals surface area contributed by atoms with E-state index < -0.39 is 48.6 Å². The van der Waals surface area contributed by atoms with Gasteiger partial charge in [0.05, 0.1) is 0 Å². The van der Waals surface area contributed by atoms with Crippen LogP contribution < -0.4 is 20.7 Å². The molecule has 3 atom stereocenters. The van der Waals surface area contributed by atoms with Crippen molar-refractivity contribution in [3.05, 3.63) is 95.6 Å². The average Bonchev–Trinajstić information content (AvgIpc) is 3.43. The normalized spacial score (nSPS) is 21.0. The van der Waals surface area contributed by atoms with E-state index in [4.69, 9.17) is 4.74 Å². The maximum atomic E-state index is 13.9. The standard InChI is InChI=1S/C33H33F3N4O5/c34-33(35,36)20-37-30(42)26-18-22-9-4-11-24(15-22)45-25-12-5-10-23(16-25)19-28(40-14-6-13-29(40)41)32(44)39-27(31(43)38-26)17-21-7-2-1-3-8-21/h1-5,7-12,15-16,26-28H,6,13-14,17-20H2,(H,37,42)(H,38,43)(H,39,44)/t26-,27-,28-/m0/s1. The van der Waals surface area contributed by atoms with Crippen LogP contribution in [0.5, 0.6) is 11.5 Å². The summed E-state index contributed by atoms with van der Waals surface area (Å²) in [6.45, 7) is -1.20. The zero-order chi connectivity index (χ0) is 32.0. The predicted molar refractivity (Wildman–Crippen MR) is 158 cm³/mol. The number of hydrogen-bond donors (Lipinski definition) is 3. The SMILES string of the molecule is O=C(NCC(F)(F)F)[C@@H]1Cc2cccc(c2)Oc2cccc(c2)C[C@H](N2CCCC2=O)C(=O)N[C@@H](Cc2ccccc2)C(=O)N1. The van der Waals surface area contributed by atoms with E-state index in [1.807, 2.05) is 11.4 Å². The van der Waals surface area contributed by atoms with Gasteiger partial charge in [0.1, 0.15) is 36.2 Å². The van der Waals surface area contributed by atoms with Crippen molar-refractivity contribution in [2.24, 2.45) is 0 Å². The Kier molecular flexibility index (Phi) is 9.70. The molecule has 5 rings (SSSR count). The molecule has 4 amide bonds. The number of amides is 4. The Morgan fingerprint density at radius 3 is 2.16 bits per heavy atom. The number of alkyl halides is 3. The monoisotopic (exact) mass is 622 g/mol. The Hall–Kier alpha value is -4.87. The Morgan fingerprint density at radius 1 is 0.867 bits per heavy atom. The summed E-state index contributed by atoms with van der Waals surface area (Å²) in [5.41, 5.74) is 1.97. The second kappa shape index (κ2) is 13.8. The van der Waals surface area contributed by atoms with Gasteiger partial charge in [0.2, 0.25) is 23.6 Å². The highest BCUT2D eigenvalue weighted by Crippen LogP contribution is 2.26. The molecule has 2 aliphatic rings. The maximum Gasteiger partial charge on any atom is 0.405 e. The van der Waals surface area contributed by atoms with Crippen molar-refractivity contribution < 1.29 is 37.1 Å². The molecule has 4 bridgehead atoms. The van der Waals surface area contributed by atoms with Crippen molar-refractivity contribution in [2.45, 2.75) is 56.4 Å². The third kappa shape index (κ3) is 8.62. The summed E-state index contributed by atoms with van der Waals surface area (Å²) in [6, 6.07) is 19.1. The van der Waals surface area contributed by atoms with Gasteiger partial charge in [-0.15, -0.1) is 0 Å². The van der Waals surface area contributed by atoms with Crippen LogP contribution in [0.3, 0.4) is 0 Å². The fourth-order valence-corrected chi connectivity index (χ4v) is 5.53. The number of carbonyl (C=O) groups excluding carboxylic acids is 4. The molecular formula is C33H33F3N4O5. The van der Waals surface area contributed by atoms with Crippen LogP contribution >= 0.6 is 0 Å². The third-order valence-electron chi connectivity index (χ3n) is 7.70. The lowest BCUT2D eigenvalue weighted by atomic mass is 10.00. The smallest absolute Gasteiger partial charge is 0.405 e. The molecule has 236 valence electrons. The maximum absolute atomic E-state index is 13.9. The molecule has 0 aromatic heterocycles. The molecule has 0 aliphatic carbocycles. The summed E-state index contributed by atoms with van der Waals surface area (Å²) in [5.74, 6) is -1.66. The molecule has 9 nitrogen and oxygen atoms in total. The molecule has 1 saturated heterocycles. The molecule has 2 aliphatic heterocycles. The van der Waals surface area contributed by atoms with Gasteiger partial charge in [0, 0.05) is 32.2 Å². The van der Waals surface area contributed by atoms with Crippen molar-refractivity contribution in [2.75, 3.05) is 13.1 Å². The highest BCUT2D eigenvalue weighted by molar-refractivity contribution is 5.95. The zero-order valence-corrected chi connectivity index (χ0v) is 24.3. The van der Waals surface area contributed by atoms with Crippen LogP contribution in [-0.4, -0.2) is 65.9 Å². The van der Waals surface area contributed by atoms with Crippen molar-refractivity contribution in [1.29, 1.82) is 0 Å². The Bertz CT molecular complexity index is 1550. The van der Waals surface area contributed by atoms with Gasteiger partial charge in [-0.3, -0.25) is 19.2 Å². The van der Waals surface area contributed by atoms with Gasteiger partial charge in [-0.05, 0) is 47.4 Å². The van der Waals surface area contributed by atoms with Crippen LogP contribution in [0.1, 0.15) is 29.5 Å². The minimum absolute atomic E-state index is 0.0365. The number of likely N-dealkylation sites (tertiary alicyclic amines) is 1. The number of benzene rings is 3. The number of hydrogen-bond acceptors (Lipinski definition) is 5. The minimum atomic E-state index is -4.66. The first-order chi connectivity index (χ1) is 21.5. The Balaban J connectivity index is 1.54. The molecule has 0 saturated carbocycles. The molecule has 3 aromatic rings. The molecule has 3 aromatic carbocycles.